The number of carbonyl (C=O) groups is 1. The third-order valence-electron chi connectivity index (χ3n) is 1.62. The molecule has 2 heterocycles. The highest BCUT2D eigenvalue weighted by atomic mass is 16.5. The van der Waals surface area contributed by atoms with Crippen LogP contribution in [0.1, 0.15) is 10.5 Å². The predicted octanol–water partition coefficient (Wildman–Crippen LogP) is 1.01. The van der Waals surface area contributed by atoms with Gasteiger partial charge in [-0.2, -0.15) is 0 Å². The molecular weight excluding hydrogens is 172 g/mol. The normalized spacial score (nSPS) is 10.2. The van der Waals surface area contributed by atoms with Crippen LogP contribution in [0, 0.1) is 0 Å². The Balaban J connectivity index is 2.54. The van der Waals surface area contributed by atoms with E-state index < -0.39 is 5.97 Å². The molecule has 0 saturated carbocycles. The van der Waals surface area contributed by atoms with E-state index in [0.29, 0.717) is 5.71 Å². The molecule has 2 rings (SSSR count). The Bertz CT molecular complexity index is 449. The molecule has 0 fully saturated rings. The summed E-state index contributed by atoms with van der Waals surface area (Å²) in [5.41, 5.74) is 0.551. The van der Waals surface area contributed by atoms with Crippen LogP contribution >= 0.6 is 0 Å². The highest BCUT2D eigenvalue weighted by molar-refractivity contribution is 5.89. The number of hydrogen-bond acceptors (Lipinski definition) is 5. The summed E-state index contributed by atoms with van der Waals surface area (Å²) >= 11 is 0. The fraction of sp³-hybridized carbons (Fsp3) is 0.125. The van der Waals surface area contributed by atoms with Crippen LogP contribution in [0.15, 0.2) is 22.9 Å². The molecule has 0 unspecified atom stereocenters. The van der Waals surface area contributed by atoms with E-state index in [1.807, 2.05) is 0 Å². The molecule has 0 aliphatic heterocycles. The number of esters is 1. The van der Waals surface area contributed by atoms with Gasteiger partial charge >= 0.3 is 5.97 Å². The molecule has 0 bridgehead atoms. The zero-order valence-corrected chi connectivity index (χ0v) is 6.85. The summed E-state index contributed by atoms with van der Waals surface area (Å²) in [6, 6.07) is 3.26. The van der Waals surface area contributed by atoms with Crippen molar-refractivity contribution >= 4 is 17.1 Å². The van der Waals surface area contributed by atoms with Gasteiger partial charge in [-0.1, -0.05) is 5.16 Å². The average Bonchev–Trinajstić information content (AvgIpc) is 2.63. The van der Waals surface area contributed by atoms with E-state index in [2.05, 4.69) is 14.9 Å². The molecule has 0 saturated heterocycles. The van der Waals surface area contributed by atoms with E-state index >= 15 is 0 Å². The Hall–Kier alpha value is -1.91. The number of methoxy groups -OCH3 is 1. The zero-order valence-electron chi connectivity index (χ0n) is 6.85. The molecule has 0 spiro atoms. The quantitative estimate of drug-likeness (QED) is 0.609. The summed E-state index contributed by atoms with van der Waals surface area (Å²) in [4.78, 5) is 14.9. The average molecular weight is 178 g/mol. The lowest BCUT2D eigenvalue weighted by Crippen LogP contribution is -2.03. The lowest BCUT2D eigenvalue weighted by molar-refractivity contribution is 0.0594. The van der Waals surface area contributed by atoms with Gasteiger partial charge in [-0.25, -0.2) is 9.78 Å². The van der Waals surface area contributed by atoms with Crippen molar-refractivity contribution in [1.29, 1.82) is 0 Å². The van der Waals surface area contributed by atoms with E-state index in [4.69, 9.17) is 4.52 Å². The van der Waals surface area contributed by atoms with Crippen LogP contribution in [-0.4, -0.2) is 23.2 Å². The van der Waals surface area contributed by atoms with Gasteiger partial charge in [0.1, 0.15) is 0 Å². The number of hydrogen-bond donors (Lipinski definition) is 0. The Kier molecular flexibility index (Phi) is 1.70. The predicted molar refractivity (Wildman–Crippen MR) is 43.1 cm³/mol. The molecule has 2 aromatic rings. The lowest BCUT2D eigenvalue weighted by atomic mass is 10.3. The number of aromatic nitrogens is 2. The number of rotatable bonds is 1. The van der Waals surface area contributed by atoms with Crippen LogP contribution in [0.25, 0.3) is 11.1 Å². The first-order valence-electron chi connectivity index (χ1n) is 3.61. The molecule has 0 radical (unpaired) electrons. The van der Waals surface area contributed by atoms with E-state index in [9.17, 15) is 4.79 Å². The van der Waals surface area contributed by atoms with Gasteiger partial charge in [-0.05, 0) is 12.1 Å². The second kappa shape index (κ2) is 2.85. The van der Waals surface area contributed by atoms with E-state index in [0.717, 1.165) is 5.39 Å². The molecule has 0 aliphatic carbocycles. The maximum absolute atomic E-state index is 11.0. The van der Waals surface area contributed by atoms with Crippen molar-refractivity contribution < 1.29 is 14.1 Å². The number of ether oxygens (including phenoxy) is 1. The molecule has 0 atom stereocenters. The molecule has 5 heteroatoms. The smallest absolute Gasteiger partial charge is 0.356 e. The summed E-state index contributed by atoms with van der Waals surface area (Å²) in [5.74, 6) is -0.488. The summed E-state index contributed by atoms with van der Waals surface area (Å²) in [5, 5.41) is 4.30. The molecule has 2 aromatic heterocycles. The second-order valence-electron chi connectivity index (χ2n) is 2.41. The molecule has 0 aromatic carbocycles. The molecule has 5 nitrogen and oxygen atoms in total. The van der Waals surface area contributed by atoms with Crippen molar-refractivity contribution in [1.82, 2.24) is 10.1 Å². The van der Waals surface area contributed by atoms with Crippen molar-refractivity contribution in [3.05, 3.63) is 24.0 Å². The van der Waals surface area contributed by atoms with Crippen molar-refractivity contribution in [3.8, 4) is 0 Å². The van der Waals surface area contributed by atoms with Crippen LogP contribution in [0.3, 0.4) is 0 Å². The number of pyridine rings is 1. The topological polar surface area (TPSA) is 65.2 Å². The number of carbonyl (C=O) groups excluding carboxylic acids is 1. The third-order valence-corrected chi connectivity index (χ3v) is 1.62. The minimum Gasteiger partial charge on any atom is -0.464 e. The lowest BCUT2D eigenvalue weighted by Gasteiger charge is -1.95. The van der Waals surface area contributed by atoms with Crippen molar-refractivity contribution in [2.75, 3.05) is 7.11 Å². The van der Waals surface area contributed by atoms with Crippen LogP contribution < -0.4 is 0 Å². The van der Waals surface area contributed by atoms with E-state index in [1.54, 1.807) is 12.1 Å². The minimum atomic E-state index is -0.488. The Labute approximate surface area is 73.3 Å². The standard InChI is InChI=1S/C8H6N2O3/c1-12-8(11)6-3-2-5-4-9-13-7(5)10-6/h2-4H,1H3. The largest absolute Gasteiger partial charge is 0.464 e. The van der Waals surface area contributed by atoms with Gasteiger partial charge in [0.05, 0.1) is 18.7 Å². The molecular formula is C8H6N2O3. The van der Waals surface area contributed by atoms with Crippen LogP contribution in [0.2, 0.25) is 0 Å². The van der Waals surface area contributed by atoms with Gasteiger partial charge in [0, 0.05) is 0 Å². The minimum absolute atomic E-state index is 0.215. The Morgan fingerprint density at radius 3 is 3.15 bits per heavy atom. The van der Waals surface area contributed by atoms with Crippen LogP contribution in [0.5, 0.6) is 0 Å². The van der Waals surface area contributed by atoms with Crippen LogP contribution in [-0.2, 0) is 4.74 Å². The molecule has 13 heavy (non-hydrogen) atoms. The molecule has 0 N–H and O–H groups in total. The molecule has 66 valence electrons. The van der Waals surface area contributed by atoms with Crippen molar-refractivity contribution in [2.24, 2.45) is 0 Å². The second-order valence-corrected chi connectivity index (χ2v) is 2.41. The van der Waals surface area contributed by atoms with Gasteiger partial charge in [0.25, 0.3) is 5.71 Å². The third kappa shape index (κ3) is 1.24. The summed E-state index contributed by atoms with van der Waals surface area (Å²) in [6.07, 6.45) is 1.53. The Morgan fingerprint density at radius 2 is 2.38 bits per heavy atom. The first kappa shape index (κ1) is 7.72. The number of nitrogens with zero attached hydrogens (tertiary/aromatic N) is 2. The highest BCUT2D eigenvalue weighted by Gasteiger charge is 2.09. The Morgan fingerprint density at radius 1 is 1.54 bits per heavy atom. The highest BCUT2D eigenvalue weighted by Crippen LogP contribution is 2.11. The first-order chi connectivity index (χ1) is 6.31. The first-order valence-corrected chi connectivity index (χ1v) is 3.61. The fourth-order valence-corrected chi connectivity index (χ4v) is 0.974. The van der Waals surface area contributed by atoms with E-state index in [-0.39, 0.29) is 5.69 Å². The zero-order chi connectivity index (χ0) is 9.26. The van der Waals surface area contributed by atoms with E-state index in [1.165, 1.54) is 13.3 Å². The molecule has 0 aliphatic rings. The van der Waals surface area contributed by atoms with Crippen molar-refractivity contribution in [3.63, 3.8) is 0 Å². The monoisotopic (exact) mass is 178 g/mol. The van der Waals surface area contributed by atoms with Gasteiger partial charge in [0.2, 0.25) is 0 Å². The van der Waals surface area contributed by atoms with Crippen molar-refractivity contribution in [2.45, 2.75) is 0 Å². The maximum atomic E-state index is 11.0. The van der Waals surface area contributed by atoms with Gasteiger partial charge in [-0.15, -0.1) is 0 Å². The summed E-state index contributed by atoms with van der Waals surface area (Å²) in [6.45, 7) is 0. The molecule has 0 amide bonds. The number of fused-ring (bicyclic) bond motifs is 1. The van der Waals surface area contributed by atoms with Gasteiger partial charge < -0.3 is 9.26 Å². The van der Waals surface area contributed by atoms with Gasteiger partial charge in [0.15, 0.2) is 5.69 Å². The summed E-state index contributed by atoms with van der Waals surface area (Å²) in [7, 11) is 1.30. The fourth-order valence-electron chi connectivity index (χ4n) is 0.974. The SMILES string of the molecule is COC(=O)c1ccc2cnoc2n1. The maximum Gasteiger partial charge on any atom is 0.356 e. The summed E-state index contributed by atoms with van der Waals surface area (Å²) < 4.78 is 9.28. The van der Waals surface area contributed by atoms with Crippen LogP contribution in [0.4, 0.5) is 0 Å². The van der Waals surface area contributed by atoms with Gasteiger partial charge in [-0.3, -0.25) is 0 Å².